The molecule has 1 rings (SSSR count). The van der Waals surface area contributed by atoms with E-state index in [0.29, 0.717) is 0 Å². The number of nitrogens with one attached hydrogen (secondary N) is 1. The zero-order valence-electron chi connectivity index (χ0n) is 14.9. The number of aliphatic hydroxyl groups excluding tert-OH is 2. The van der Waals surface area contributed by atoms with Crippen LogP contribution in [0.4, 0.5) is 0 Å². The highest BCUT2D eigenvalue weighted by Crippen LogP contribution is 1.95. The van der Waals surface area contributed by atoms with Gasteiger partial charge in [-0.25, -0.2) is 4.98 Å². The van der Waals surface area contributed by atoms with E-state index in [2.05, 4.69) is 9.97 Å². The van der Waals surface area contributed by atoms with Crippen molar-refractivity contribution in [1.29, 1.82) is 0 Å². The Hall–Kier alpha value is -2.58. The second kappa shape index (κ2) is 13.6. The number of nitrogens with zero attached hydrogens (tertiary/aromatic N) is 1. The molecule has 0 saturated heterocycles. The van der Waals surface area contributed by atoms with Crippen LogP contribution in [0.5, 0.6) is 0 Å². The molecule has 5 atom stereocenters. The van der Waals surface area contributed by atoms with Gasteiger partial charge >= 0.3 is 17.9 Å². The highest BCUT2D eigenvalue weighted by molar-refractivity contribution is 5.74. The molecule has 0 saturated carbocycles. The minimum absolute atomic E-state index is 0.287. The third-order valence-corrected chi connectivity index (χ3v) is 2.92. The van der Waals surface area contributed by atoms with Crippen LogP contribution in [-0.4, -0.2) is 83.7 Å². The zero-order valence-corrected chi connectivity index (χ0v) is 14.9. The van der Waals surface area contributed by atoms with E-state index in [1.165, 1.54) is 20.2 Å². The molecule has 12 N–H and O–H groups in total. The lowest BCUT2D eigenvalue weighted by Gasteiger charge is -2.07. The average molecular weight is 393 g/mol. The van der Waals surface area contributed by atoms with Crippen molar-refractivity contribution < 1.29 is 39.9 Å². The molecule has 27 heavy (non-hydrogen) atoms. The number of carboxylic acid groups (broad SMARTS) is 3. The maximum absolute atomic E-state index is 10.3. The number of aliphatic carboxylic acids is 3. The number of rotatable bonds is 7. The van der Waals surface area contributed by atoms with E-state index in [1.807, 2.05) is 0 Å². The lowest BCUT2D eigenvalue weighted by molar-refractivity contribution is -0.141. The van der Waals surface area contributed by atoms with E-state index < -0.39 is 48.2 Å². The lowest BCUT2D eigenvalue weighted by atomic mass is 10.2. The summed E-state index contributed by atoms with van der Waals surface area (Å²) in [6, 6.07) is -3.17. The van der Waals surface area contributed by atoms with E-state index in [0.717, 1.165) is 5.69 Å². The van der Waals surface area contributed by atoms with Crippen molar-refractivity contribution in [3.63, 3.8) is 0 Å². The van der Waals surface area contributed by atoms with Crippen molar-refractivity contribution in [2.24, 2.45) is 17.2 Å². The quantitative estimate of drug-likeness (QED) is 0.223. The number of hydrogen-bond donors (Lipinski definition) is 9. The third-order valence-electron chi connectivity index (χ3n) is 2.92. The summed E-state index contributed by atoms with van der Waals surface area (Å²) in [4.78, 5) is 36.5. The summed E-state index contributed by atoms with van der Waals surface area (Å²) in [5, 5.41) is 41.5. The molecule has 13 nitrogen and oxygen atoms in total. The molecule has 0 aromatic carbocycles. The van der Waals surface area contributed by atoms with E-state index in [1.54, 1.807) is 6.20 Å². The first-order chi connectivity index (χ1) is 12.3. The highest BCUT2D eigenvalue weighted by Gasteiger charge is 2.17. The maximum atomic E-state index is 10.3. The number of aromatic amines is 1. The number of imidazole rings is 1. The van der Waals surface area contributed by atoms with Crippen molar-refractivity contribution in [1.82, 2.24) is 9.97 Å². The van der Waals surface area contributed by atoms with E-state index in [-0.39, 0.29) is 6.42 Å². The molecule has 0 bridgehead atoms. The van der Waals surface area contributed by atoms with Gasteiger partial charge in [-0.2, -0.15) is 0 Å². The molecule has 0 fully saturated rings. The van der Waals surface area contributed by atoms with E-state index in [9.17, 15) is 14.4 Å². The Morgan fingerprint density at radius 2 is 1.37 bits per heavy atom. The standard InChI is InChI=1S/C6H9N3O2.2C4H9NO3/c7-5(6(10)11)1-4-2-8-3-9-4;2*1-2(6)3(5)4(7)8/h2-3,5H,1,7H2,(H,8,9)(H,10,11);2*2-3,6H,5H2,1H3,(H,7,8)/t5-;2*2-,3+/m011/s1. The first-order valence-corrected chi connectivity index (χ1v) is 7.59. The largest absolute Gasteiger partial charge is 0.480 e. The van der Waals surface area contributed by atoms with Crippen molar-refractivity contribution in [3.05, 3.63) is 18.2 Å². The fraction of sp³-hybridized carbons (Fsp3) is 0.571. The van der Waals surface area contributed by atoms with Crippen LogP contribution in [0.1, 0.15) is 19.5 Å². The van der Waals surface area contributed by atoms with Crippen LogP contribution in [0.2, 0.25) is 0 Å². The van der Waals surface area contributed by atoms with Gasteiger partial charge in [0.05, 0.1) is 18.5 Å². The Kier molecular flexibility index (Phi) is 13.4. The second-order valence-corrected chi connectivity index (χ2v) is 5.43. The molecular formula is C14H27N5O8. The summed E-state index contributed by atoms with van der Waals surface area (Å²) < 4.78 is 0. The fourth-order valence-electron chi connectivity index (χ4n) is 1.13. The maximum Gasteiger partial charge on any atom is 0.323 e. The molecule has 0 aliphatic carbocycles. The Bertz CT molecular complexity index is 540. The summed E-state index contributed by atoms with van der Waals surface area (Å²) in [5.41, 5.74) is 15.8. The summed E-state index contributed by atoms with van der Waals surface area (Å²) in [5.74, 6) is -3.36. The number of H-pyrrole nitrogens is 1. The van der Waals surface area contributed by atoms with Gasteiger partial charge in [-0.15, -0.1) is 0 Å². The van der Waals surface area contributed by atoms with E-state index >= 15 is 0 Å². The van der Waals surface area contributed by atoms with Gasteiger partial charge in [-0.3, -0.25) is 14.4 Å². The average Bonchev–Trinajstić information content (AvgIpc) is 3.06. The van der Waals surface area contributed by atoms with Crippen LogP contribution < -0.4 is 17.2 Å². The summed E-state index contributed by atoms with van der Waals surface area (Å²) in [6.07, 6.45) is 1.38. The molecular weight excluding hydrogens is 366 g/mol. The highest BCUT2D eigenvalue weighted by atomic mass is 16.4. The fourth-order valence-corrected chi connectivity index (χ4v) is 1.13. The predicted octanol–water partition coefficient (Wildman–Crippen LogP) is -3.08. The van der Waals surface area contributed by atoms with Gasteiger partial charge in [0.2, 0.25) is 0 Å². The van der Waals surface area contributed by atoms with Crippen molar-refractivity contribution in [3.8, 4) is 0 Å². The van der Waals surface area contributed by atoms with Gasteiger partial charge < -0.3 is 47.7 Å². The molecule has 0 amide bonds. The molecule has 0 unspecified atom stereocenters. The second-order valence-electron chi connectivity index (χ2n) is 5.43. The van der Waals surface area contributed by atoms with Crippen LogP contribution >= 0.6 is 0 Å². The van der Waals surface area contributed by atoms with Crippen LogP contribution in [0.3, 0.4) is 0 Å². The third kappa shape index (κ3) is 13.3. The molecule has 0 aliphatic rings. The summed E-state index contributed by atoms with van der Waals surface area (Å²) in [6.45, 7) is 2.66. The zero-order chi connectivity index (χ0) is 21.7. The summed E-state index contributed by atoms with van der Waals surface area (Å²) in [7, 11) is 0. The van der Waals surface area contributed by atoms with Crippen LogP contribution in [0.25, 0.3) is 0 Å². The molecule has 1 aromatic heterocycles. The van der Waals surface area contributed by atoms with Crippen LogP contribution in [0, 0.1) is 0 Å². The topological polar surface area (TPSA) is 259 Å². The molecule has 1 aromatic rings. The monoisotopic (exact) mass is 393 g/mol. The Morgan fingerprint density at radius 1 is 0.963 bits per heavy atom. The van der Waals surface area contributed by atoms with Gasteiger partial charge in [-0.05, 0) is 13.8 Å². The smallest absolute Gasteiger partial charge is 0.323 e. The molecule has 156 valence electrons. The van der Waals surface area contributed by atoms with Crippen molar-refractivity contribution in [2.45, 2.75) is 50.6 Å². The molecule has 1 heterocycles. The Morgan fingerprint density at radius 3 is 1.56 bits per heavy atom. The number of aromatic nitrogens is 2. The summed E-state index contributed by atoms with van der Waals surface area (Å²) >= 11 is 0. The van der Waals surface area contributed by atoms with Crippen molar-refractivity contribution in [2.75, 3.05) is 0 Å². The molecule has 0 radical (unpaired) electrons. The predicted molar refractivity (Wildman–Crippen MR) is 92.5 cm³/mol. The molecule has 0 spiro atoms. The van der Waals surface area contributed by atoms with E-state index in [4.69, 9.17) is 42.7 Å². The molecule has 0 aliphatic heterocycles. The number of carbonyl (C=O) groups is 3. The normalized spacial score (nSPS) is 15.5. The minimum Gasteiger partial charge on any atom is -0.480 e. The van der Waals surface area contributed by atoms with Gasteiger partial charge in [0, 0.05) is 18.3 Å². The van der Waals surface area contributed by atoms with Gasteiger partial charge in [0.15, 0.2) is 0 Å². The Labute approximate surface area is 154 Å². The van der Waals surface area contributed by atoms with Gasteiger partial charge in [0.1, 0.15) is 18.1 Å². The first-order valence-electron chi connectivity index (χ1n) is 7.59. The van der Waals surface area contributed by atoms with Crippen LogP contribution in [0.15, 0.2) is 12.5 Å². The van der Waals surface area contributed by atoms with Crippen molar-refractivity contribution >= 4 is 17.9 Å². The first kappa shape index (κ1) is 26.6. The number of aliphatic hydroxyl groups is 2. The minimum atomic E-state index is -1.18. The molecule has 13 heteroatoms. The van der Waals surface area contributed by atoms with Gasteiger partial charge in [0.25, 0.3) is 0 Å². The van der Waals surface area contributed by atoms with Crippen LogP contribution in [-0.2, 0) is 20.8 Å². The van der Waals surface area contributed by atoms with Gasteiger partial charge in [-0.1, -0.05) is 0 Å². The number of nitrogens with two attached hydrogens (primary N) is 3. The SMILES string of the molecule is C[C@@H](O)[C@H](N)C(=O)O.C[C@@H](O)[C@H](N)C(=O)O.N[C@@H](Cc1cnc[nH]1)C(=O)O. The Balaban J connectivity index is 0. The lowest BCUT2D eigenvalue weighted by Crippen LogP contribution is -2.39. The number of hydrogen-bond acceptors (Lipinski definition) is 9. The number of carboxylic acids is 3.